The summed E-state index contributed by atoms with van der Waals surface area (Å²) in [5.74, 6) is -0.241. The van der Waals surface area contributed by atoms with E-state index in [1.165, 1.54) is 19.2 Å². The van der Waals surface area contributed by atoms with E-state index >= 15 is 0 Å². The Morgan fingerprint density at radius 2 is 2.11 bits per heavy atom. The minimum atomic E-state index is -2.96. The standard InChI is InChI=1S/C11H14F2N2O3/c1-11(2,15(3)10(16)17)7-5-4-6-8(14-7)18-9(12)13/h4-6,9H,1-3H3,(H,16,17). The summed E-state index contributed by atoms with van der Waals surface area (Å²) >= 11 is 0. The number of nitrogens with zero attached hydrogens (tertiary/aromatic N) is 2. The molecule has 0 saturated heterocycles. The van der Waals surface area contributed by atoms with E-state index in [9.17, 15) is 13.6 Å². The molecule has 0 saturated carbocycles. The zero-order valence-electron chi connectivity index (χ0n) is 10.2. The Kier molecular flexibility index (Phi) is 4.05. The van der Waals surface area contributed by atoms with Gasteiger partial charge in [-0.2, -0.15) is 8.78 Å². The molecule has 5 nitrogen and oxygen atoms in total. The van der Waals surface area contributed by atoms with Crippen LogP contribution in [0.15, 0.2) is 18.2 Å². The van der Waals surface area contributed by atoms with E-state index in [4.69, 9.17) is 5.11 Å². The maximum Gasteiger partial charge on any atom is 0.407 e. The van der Waals surface area contributed by atoms with E-state index in [1.807, 2.05) is 0 Å². The Labute approximate surface area is 103 Å². The van der Waals surface area contributed by atoms with Gasteiger partial charge in [0, 0.05) is 13.1 Å². The van der Waals surface area contributed by atoms with Crippen LogP contribution in [0.4, 0.5) is 13.6 Å². The minimum absolute atomic E-state index is 0.241. The molecule has 0 bridgehead atoms. The van der Waals surface area contributed by atoms with Crippen molar-refractivity contribution in [3.05, 3.63) is 23.9 Å². The fourth-order valence-electron chi connectivity index (χ4n) is 1.32. The number of hydrogen-bond donors (Lipinski definition) is 1. The summed E-state index contributed by atoms with van der Waals surface area (Å²) in [7, 11) is 1.38. The highest BCUT2D eigenvalue weighted by Gasteiger charge is 2.31. The summed E-state index contributed by atoms with van der Waals surface area (Å²) < 4.78 is 28.3. The van der Waals surface area contributed by atoms with Gasteiger partial charge in [-0.1, -0.05) is 6.07 Å². The summed E-state index contributed by atoms with van der Waals surface area (Å²) in [4.78, 5) is 15.9. The molecule has 18 heavy (non-hydrogen) atoms. The lowest BCUT2D eigenvalue weighted by molar-refractivity contribution is -0.0532. The number of amides is 1. The van der Waals surface area contributed by atoms with Crippen molar-refractivity contribution >= 4 is 6.09 Å². The maximum absolute atomic E-state index is 12.1. The molecule has 1 N–H and O–H groups in total. The van der Waals surface area contributed by atoms with Gasteiger partial charge in [0.05, 0.1) is 11.2 Å². The predicted molar refractivity (Wildman–Crippen MR) is 59.7 cm³/mol. The molecule has 1 rings (SSSR count). The molecule has 0 fully saturated rings. The minimum Gasteiger partial charge on any atom is -0.465 e. The zero-order chi connectivity index (χ0) is 13.9. The van der Waals surface area contributed by atoms with Gasteiger partial charge in [-0.05, 0) is 19.9 Å². The fraction of sp³-hybridized carbons (Fsp3) is 0.455. The first kappa shape index (κ1) is 14.1. The van der Waals surface area contributed by atoms with Gasteiger partial charge in [0.1, 0.15) is 0 Å². The van der Waals surface area contributed by atoms with Crippen molar-refractivity contribution in [2.24, 2.45) is 0 Å². The van der Waals surface area contributed by atoms with E-state index in [0.717, 1.165) is 4.90 Å². The van der Waals surface area contributed by atoms with Crippen molar-refractivity contribution in [1.82, 2.24) is 9.88 Å². The summed E-state index contributed by atoms with van der Waals surface area (Å²) in [6.45, 7) is 0.277. The second-order valence-corrected chi connectivity index (χ2v) is 4.14. The van der Waals surface area contributed by atoms with Crippen molar-refractivity contribution in [2.75, 3.05) is 7.05 Å². The van der Waals surface area contributed by atoms with Gasteiger partial charge in [-0.3, -0.25) is 0 Å². The van der Waals surface area contributed by atoms with Crippen LogP contribution in [0.2, 0.25) is 0 Å². The number of carbonyl (C=O) groups is 1. The molecule has 1 amide bonds. The second kappa shape index (κ2) is 5.16. The van der Waals surface area contributed by atoms with E-state index in [0.29, 0.717) is 5.69 Å². The molecule has 7 heteroatoms. The summed E-state index contributed by atoms with van der Waals surface area (Å²) in [5, 5.41) is 8.94. The van der Waals surface area contributed by atoms with Crippen molar-refractivity contribution in [2.45, 2.75) is 26.0 Å². The highest BCUT2D eigenvalue weighted by Crippen LogP contribution is 2.26. The number of rotatable bonds is 4. The second-order valence-electron chi connectivity index (χ2n) is 4.14. The third kappa shape index (κ3) is 3.06. The highest BCUT2D eigenvalue weighted by molar-refractivity contribution is 5.65. The summed E-state index contributed by atoms with van der Waals surface area (Å²) in [6, 6.07) is 4.32. The molecule has 0 aliphatic heterocycles. The van der Waals surface area contributed by atoms with Gasteiger partial charge in [-0.15, -0.1) is 0 Å². The molecular weight excluding hydrogens is 246 g/mol. The molecule has 100 valence electrons. The first-order valence-electron chi connectivity index (χ1n) is 5.14. The third-order valence-electron chi connectivity index (χ3n) is 2.69. The van der Waals surface area contributed by atoms with Crippen LogP contribution in [0.3, 0.4) is 0 Å². The lowest BCUT2D eigenvalue weighted by atomic mass is 9.98. The van der Waals surface area contributed by atoms with Gasteiger partial charge in [-0.25, -0.2) is 9.78 Å². The van der Waals surface area contributed by atoms with E-state index in [-0.39, 0.29) is 5.88 Å². The summed E-state index contributed by atoms with van der Waals surface area (Å²) in [6.07, 6.45) is -1.14. The monoisotopic (exact) mass is 260 g/mol. The highest BCUT2D eigenvalue weighted by atomic mass is 19.3. The third-order valence-corrected chi connectivity index (χ3v) is 2.69. The van der Waals surface area contributed by atoms with Crippen molar-refractivity contribution in [3.8, 4) is 5.88 Å². The molecule has 0 spiro atoms. The van der Waals surface area contributed by atoms with E-state index in [1.54, 1.807) is 19.9 Å². The average Bonchev–Trinajstić information content (AvgIpc) is 2.27. The number of halogens is 2. The van der Waals surface area contributed by atoms with Crippen molar-refractivity contribution in [3.63, 3.8) is 0 Å². The number of alkyl halides is 2. The van der Waals surface area contributed by atoms with Crippen LogP contribution >= 0.6 is 0 Å². The van der Waals surface area contributed by atoms with Gasteiger partial charge in [0.25, 0.3) is 0 Å². The molecular formula is C11H14F2N2O3. The quantitative estimate of drug-likeness (QED) is 0.903. The average molecular weight is 260 g/mol. The van der Waals surface area contributed by atoms with Crippen LogP contribution in [0.5, 0.6) is 5.88 Å². The number of carboxylic acid groups (broad SMARTS) is 1. The molecule has 0 aliphatic carbocycles. The van der Waals surface area contributed by atoms with Crippen LogP contribution in [0, 0.1) is 0 Å². The van der Waals surface area contributed by atoms with E-state index in [2.05, 4.69) is 9.72 Å². The van der Waals surface area contributed by atoms with E-state index < -0.39 is 18.2 Å². The molecule has 0 aromatic carbocycles. The van der Waals surface area contributed by atoms with Crippen LogP contribution in [0.25, 0.3) is 0 Å². The van der Waals surface area contributed by atoms with Gasteiger partial charge >= 0.3 is 12.7 Å². The van der Waals surface area contributed by atoms with Gasteiger partial charge in [0.15, 0.2) is 0 Å². The fourth-order valence-corrected chi connectivity index (χ4v) is 1.32. The Bertz CT molecular complexity index is 438. The van der Waals surface area contributed by atoms with Crippen molar-refractivity contribution in [1.29, 1.82) is 0 Å². The van der Waals surface area contributed by atoms with Crippen LogP contribution < -0.4 is 4.74 Å². The smallest absolute Gasteiger partial charge is 0.407 e. The summed E-state index contributed by atoms with van der Waals surface area (Å²) in [5.41, 5.74) is -0.626. The van der Waals surface area contributed by atoms with Gasteiger partial charge in [0.2, 0.25) is 5.88 Å². The van der Waals surface area contributed by atoms with Crippen LogP contribution in [-0.4, -0.2) is 34.7 Å². The number of ether oxygens (including phenoxy) is 1. The first-order valence-corrected chi connectivity index (χ1v) is 5.14. The molecule has 0 atom stereocenters. The zero-order valence-corrected chi connectivity index (χ0v) is 10.2. The first-order chi connectivity index (χ1) is 8.25. The Hall–Kier alpha value is -1.92. The topological polar surface area (TPSA) is 62.7 Å². The van der Waals surface area contributed by atoms with Crippen molar-refractivity contribution < 1.29 is 23.4 Å². The Morgan fingerprint density at radius 1 is 1.50 bits per heavy atom. The van der Waals surface area contributed by atoms with Crippen LogP contribution in [-0.2, 0) is 5.54 Å². The Balaban J connectivity index is 3.05. The maximum atomic E-state index is 12.1. The lowest BCUT2D eigenvalue weighted by Crippen LogP contribution is -2.42. The number of hydrogen-bond acceptors (Lipinski definition) is 3. The molecule has 0 aliphatic rings. The lowest BCUT2D eigenvalue weighted by Gasteiger charge is -2.32. The molecule has 0 radical (unpaired) electrons. The van der Waals surface area contributed by atoms with Gasteiger partial charge < -0.3 is 14.7 Å². The molecule has 1 aromatic rings. The normalized spacial score (nSPS) is 11.4. The Morgan fingerprint density at radius 3 is 2.61 bits per heavy atom. The largest absolute Gasteiger partial charge is 0.465 e. The molecule has 1 heterocycles. The number of aromatic nitrogens is 1. The predicted octanol–water partition coefficient (Wildman–Crippen LogP) is 2.53. The SMILES string of the molecule is CN(C(=O)O)C(C)(C)c1cccc(OC(F)F)n1. The molecule has 1 aromatic heterocycles. The van der Waals surface area contributed by atoms with Crippen LogP contribution in [0.1, 0.15) is 19.5 Å². The molecule has 0 unspecified atom stereocenters. The number of pyridine rings is 1.